The van der Waals surface area contributed by atoms with Crippen LogP contribution < -0.4 is 9.47 Å². The van der Waals surface area contributed by atoms with Crippen molar-refractivity contribution in [3.05, 3.63) is 58.7 Å². The summed E-state index contributed by atoms with van der Waals surface area (Å²) in [6.07, 6.45) is 0. The lowest BCUT2D eigenvalue weighted by Gasteiger charge is -2.16. The molecule has 0 heterocycles. The minimum absolute atomic E-state index is 0.406. The molecule has 0 N–H and O–H groups in total. The van der Waals surface area contributed by atoms with Gasteiger partial charge in [0.2, 0.25) is 0 Å². The molecular formula is C18H21ClO2. The highest BCUT2D eigenvalue weighted by Gasteiger charge is 2.11. The van der Waals surface area contributed by atoms with Gasteiger partial charge in [0.25, 0.3) is 0 Å². The summed E-state index contributed by atoms with van der Waals surface area (Å²) in [7, 11) is 0. The van der Waals surface area contributed by atoms with Crippen LogP contribution >= 0.6 is 11.6 Å². The maximum Gasteiger partial charge on any atom is 0.166 e. The molecule has 0 unspecified atom stereocenters. The highest BCUT2D eigenvalue weighted by atomic mass is 35.5. The van der Waals surface area contributed by atoms with Gasteiger partial charge in [0, 0.05) is 5.56 Å². The van der Waals surface area contributed by atoms with E-state index >= 15 is 0 Å². The summed E-state index contributed by atoms with van der Waals surface area (Å²) in [5.74, 6) is 1.90. The zero-order valence-corrected chi connectivity index (χ0v) is 13.5. The molecule has 2 nitrogen and oxygen atoms in total. The van der Waals surface area contributed by atoms with Crippen molar-refractivity contribution in [2.75, 3.05) is 6.61 Å². The van der Waals surface area contributed by atoms with Crippen LogP contribution in [-0.4, -0.2) is 6.61 Å². The molecule has 2 aromatic carbocycles. The van der Waals surface area contributed by atoms with E-state index in [9.17, 15) is 0 Å². The Bertz CT molecular complexity index is 608. The smallest absolute Gasteiger partial charge is 0.166 e. The van der Waals surface area contributed by atoms with Crippen molar-refractivity contribution >= 4 is 11.6 Å². The van der Waals surface area contributed by atoms with Gasteiger partial charge >= 0.3 is 0 Å². The van der Waals surface area contributed by atoms with Crippen molar-refractivity contribution in [3.8, 4) is 11.5 Å². The van der Waals surface area contributed by atoms with Crippen LogP contribution in [0.15, 0.2) is 36.4 Å². The maximum absolute atomic E-state index is 6.02. The fourth-order valence-electron chi connectivity index (χ4n) is 2.21. The first kappa shape index (κ1) is 15.7. The van der Waals surface area contributed by atoms with Gasteiger partial charge in [-0.3, -0.25) is 0 Å². The average Bonchev–Trinajstić information content (AvgIpc) is 2.49. The van der Waals surface area contributed by atoms with E-state index in [0.717, 1.165) is 17.1 Å². The fourth-order valence-corrected chi connectivity index (χ4v) is 2.42. The fraction of sp³-hybridized carbons (Fsp3) is 0.333. The highest BCUT2D eigenvalue weighted by Crippen LogP contribution is 2.33. The van der Waals surface area contributed by atoms with Gasteiger partial charge in [0.15, 0.2) is 11.5 Å². The van der Waals surface area contributed by atoms with Gasteiger partial charge in [-0.1, -0.05) is 35.9 Å². The third kappa shape index (κ3) is 3.92. The van der Waals surface area contributed by atoms with Gasteiger partial charge in [0.1, 0.15) is 6.61 Å². The number of halogens is 1. The molecule has 0 radical (unpaired) electrons. The predicted molar refractivity (Wildman–Crippen MR) is 87.4 cm³/mol. The second-order valence-corrected chi connectivity index (χ2v) is 5.30. The number of aryl methyl sites for hydroxylation is 2. The zero-order valence-electron chi connectivity index (χ0n) is 12.8. The Labute approximate surface area is 131 Å². The molecule has 2 aromatic rings. The summed E-state index contributed by atoms with van der Waals surface area (Å²) in [5.41, 5.74) is 4.59. The predicted octanol–water partition coefficient (Wildman–Crippen LogP) is 5.02. The summed E-state index contributed by atoms with van der Waals surface area (Å²) in [4.78, 5) is 0. The third-order valence-electron chi connectivity index (χ3n) is 3.38. The van der Waals surface area contributed by atoms with E-state index in [1.165, 1.54) is 16.7 Å². The first-order valence-corrected chi connectivity index (χ1v) is 7.68. The third-order valence-corrected chi connectivity index (χ3v) is 3.67. The minimum atomic E-state index is 0.406. The van der Waals surface area contributed by atoms with Crippen LogP contribution in [-0.2, 0) is 12.5 Å². The van der Waals surface area contributed by atoms with Crippen molar-refractivity contribution in [3.63, 3.8) is 0 Å². The van der Waals surface area contributed by atoms with Crippen LogP contribution in [0.2, 0.25) is 0 Å². The SMILES string of the molecule is CCOc1cccc(CCl)c1OCc1cc(C)ccc1C. The molecule has 0 amide bonds. The highest BCUT2D eigenvalue weighted by molar-refractivity contribution is 6.17. The van der Waals surface area contributed by atoms with Crippen LogP contribution in [0.3, 0.4) is 0 Å². The van der Waals surface area contributed by atoms with Crippen LogP contribution in [0, 0.1) is 13.8 Å². The molecule has 0 saturated heterocycles. The topological polar surface area (TPSA) is 18.5 Å². The Kier molecular flexibility index (Phi) is 5.51. The molecule has 0 spiro atoms. The van der Waals surface area contributed by atoms with Gasteiger partial charge in [-0.05, 0) is 38.0 Å². The Morgan fingerprint density at radius 3 is 2.52 bits per heavy atom. The van der Waals surface area contributed by atoms with E-state index in [-0.39, 0.29) is 0 Å². The molecule has 112 valence electrons. The molecule has 21 heavy (non-hydrogen) atoms. The molecule has 2 rings (SSSR count). The number of hydrogen-bond acceptors (Lipinski definition) is 2. The van der Waals surface area contributed by atoms with Crippen LogP contribution in [0.1, 0.15) is 29.2 Å². The lowest BCUT2D eigenvalue weighted by Crippen LogP contribution is -2.03. The Hall–Kier alpha value is -1.67. The zero-order chi connectivity index (χ0) is 15.2. The molecule has 0 bridgehead atoms. The molecule has 0 atom stereocenters. The van der Waals surface area contributed by atoms with Crippen molar-refractivity contribution in [2.45, 2.75) is 33.3 Å². The normalized spacial score (nSPS) is 10.5. The molecule has 0 fully saturated rings. The second-order valence-electron chi connectivity index (χ2n) is 5.03. The average molecular weight is 305 g/mol. The van der Waals surface area contributed by atoms with Crippen molar-refractivity contribution in [2.24, 2.45) is 0 Å². The molecule has 0 aromatic heterocycles. The molecule has 0 aliphatic carbocycles. The van der Waals surface area contributed by atoms with Gasteiger partial charge in [-0.15, -0.1) is 11.6 Å². The van der Waals surface area contributed by atoms with E-state index in [1.807, 2.05) is 25.1 Å². The summed E-state index contributed by atoms with van der Waals surface area (Å²) >= 11 is 6.01. The monoisotopic (exact) mass is 304 g/mol. The van der Waals surface area contributed by atoms with E-state index in [2.05, 4.69) is 32.0 Å². The molecule has 3 heteroatoms. The summed E-state index contributed by atoms with van der Waals surface area (Å²) < 4.78 is 11.7. The van der Waals surface area contributed by atoms with E-state index in [4.69, 9.17) is 21.1 Å². The largest absolute Gasteiger partial charge is 0.490 e. The lowest BCUT2D eigenvalue weighted by atomic mass is 10.1. The van der Waals surface area contributed by atoms with E-state index < -0.39 is 0 Å². The number of alkyl halides is 1. The van der Waals surface area contributed by atoms with Gasteiger partial charge in [-0.25, -0.2) is 0 Å². The number of para-hydroxylation sites is 1. The Morgan fingerprint density at radius 1 is 1.00 bits per heavy atom. The first-order valence-electron chi connectivity index (χ1n) is 7.15. The maximum atomic E-state index is 6.02. The summed E-state index contributed by atoms with van der Waals surface area (Å²) in [6, 6.07) is 12.2. The quantitative estimate of drug-likeness (QED) is 0.698. The summed E-state index contributed by atoms with van der Waals surface area (Å²) in [6.45, 7) is 7.26. The molecular weight excluding hydrogens is 284 g/mol. The van der Waals surface area contributed by atoms with Crippen molar-refractivity contribution in [1.82, 2.24) is 0 Å². The summed E-state index contributed by atoms with van der Waals surface area (Å²) in [5, 5.41) is 0. The second kappa shape index (κ2) is 7.37. The number of benzene rings is 2. The standard InChI is InChI=1S/C18H21ClO2/c1-4-20-17-7-5-6-15(11-19)18(17)21-12-16-10-13(2)8-9-14(16)3/h5-10H,4,11-12H2,1-3H3. The first-order chi connectivity index (χ1) is 10.2. The molecule has 0 saturated carbocycles. The van der Waals surface area contributed by atoms with Crippen LogP contribution in [0.5, 0.6) is 11.5 Å². The lowest BCUT2D eigenvalue weighted by molar-refractivity contribution is 0.267. The minimum Gasteiger partial charge on any atom is -0.490 e. The molecule has 0 aliphatic rings. The molecule has 0 aliphatic heterocycles. The number of hydrogen-bond donors (Lipinski definition) is 0. The van der Waals surface area contributed by atoms with Gasteiger partial charge in [0.05, 0.1) is 12.5 Å². The van der Waals surface area contributed by atoms with Crippen molar-refractivity contribution < 1.29 is 9.47 Å². The Morgan fingerprint density at radius 2 is 1.81 bits per heavy atom. The van der Waals surface area contributed by atoms with Crippen molar-refractivity contribution in [1.29, 1.82) is 0 Å². The van der Waals surface area contributed by atoms with E-state index in [0.29, 0.717) is 19.1 Å². The van der Waals surface area contributed by atoms with Gasteiger partial charge < -0.3 is 9.47 Å². The number of ether oxygens (including phenoxy) is 2. The van der Waals surface area contributed by atoms with E-state index in [1.54, 1.807) is 0 Å². The Balaban J connectivity index is 2.24. The van der Waals surface area contributed by atoms with Crippen LogP contribution in [0.25, 0.3) is 0 Å². The number of rotatable bonds is 6. The van der Waals surface area contributed by atoms with Crippen LogP contribution in [0.4, 0.5) is 0 Å². The van der Waals surface area contributed by atoms with Gasteiger partial charge in [-0.2, -0.15) is 0 Å².